The van der Waals surface area contributed by atoms with E-state index in [1.54, 1.807) is 0 Å². The Morgan fingerprint density at radius 3 is 2.26 bits per heavy atom. The Kier molecular flexibility index (Phi) is 2.34. The molecular formula is C14H18N4S. The summed E-state index contributed by atoms with van der Waals surface area (Å²) < 4.78 is 0. The van der Waals surface area contributed by atoms with E-state index in [0.717, 1.165) is 22.9 Å². The predicted molar refractivity (Wildman–Crippen MR) is 75.8 cm³/mol. The van der Waals surface area contributed by atoms with Crippen molar-refractivity contribution in [2.24, 2.45) is 17.8 Å². The molecule has 4 nitrogen and oxygen atoms in total. The van der Waals surface area contributed by atoms with Gasteiger partial charge in [-0.2, -0.15) is 5.26 Å². The molecule has 1 heterocycles. The lowest BCUT2D eigenvalue weighted by Gasteiger charge is -2.56. The van der Waals surface area contributed by atoms with Gasteiger partial charge in [0.2, 0.25) is 0 Å². The first kappa shape index (κ1) is 11.5. The number of nitriles is 1. The molecule has 0 radical (unpaired) electrons. The van der Waals surface area contributed by atoms with Gasteiger partial charge in [-0.15, -0.1) is 0 Å². The van der Waals surface area contributed by atoms with Crippen molar-refractivity contribution in [2.45, 2.75) is 44.1 Å². The normalized spacial score (nSPS) is 39.2. The average molecular weight is 274 g/mol. The lowest BCUT2D eigenvalue weighted by Crippen LogP contribution is -2.54. The lowest BCUT2D eigenvalue weighted by molar-refractivity contribution is 0.0107. The second kappa shape index (κ2) is 3.86. The molecule has 100 valence electrons. The van der Waals surface area contributed by atoms with Crippen molar-refractivity contribution in [3.63, 3.8) is 0 Å². The molecule has 0 unspecified atom stereocenters. The largest absolute Gasteiger partial charge is 0.382 e. The summed E-state index contributed by atoms with van der Waals surface area (Å²) in [5.41, 5.74) is 6.00. The van der Waals surface area contributed by atoms with Gasteiger partial charge in [0, 0.05) is 5.54 Å². The highest BCUT2D eigenvalue weighted by atomic mass is 32.1. The van der Waals surface area contributed by atoms with Gasteiger partial charge in [-0.1, -0.05) is 11.3 Å². The van der Waals surface area contributed by atoms with E-state index in [1.807, 2.05) is 0 Å². The molecule has 0 atom stereocenters. The zero-order chi connectivity index (χ0) is 13.0. The molecule has 4 saturated carbocycles. The molecule has 4 aliphatic rings. The fourth-order valence-electron chi connectivity index (χ4n) is 4.96. The minimum Gasteiger partial charge on any atom is -0.382 e. The Labute approximate surface area is 117 Å². The number of anilines is 2. The fraction of sp³-hybridized carbons (Fsp3) is 0.714. The van der Waals surface area contributed by atoms with Crippen molar-refractivity contribution in [1.82, 2.24) is 4.98 Å². The van der Waals surface area contributed by atoms with Crippen LogP contribution in [0.4, 0.5) is 10.9 Å². The summed E-state index contributed by atoms with van der Waals surface area (Å²) in [6.07, 6.45) is 8.14. The van der Waals surface area contributed by atoms with Crippen LogP contribution >= 0.6 is 11.3 Å². The van der Waals surface area contributed by atoms with E-state index in [-0.39, 0.29) is 5.54 Å². The first-order valence-electron chi connectivity index (χ1n) is 7.10. The minimum atomic E-state index is 0.242. The Morgan fingerprint density at radius 2 is 1.79 bits per heavy atom. The summed E-state index contributed by atoms with van der Waals surface area (Å²) >= 11 is 1.40. The molecule has 4 fully saturated rings. The summed E-state index contributed by atoms with van der Waals surface area (Å²) in [4.78, 5) is 4.85. The molecule has 5 rings (SSSR count). The number of thiazole rings is 1. The number of aromatic nitrogens is 1. The topological polar surface area (TPSA) is 74.7 Å². The molecule has 4 aliphatic carbocycles. The van der Waals surface area contributed by atoms with Gasteiger partial charge < -0.3 is 11.1 Å². The molecule has 1 aromatic rings. The molecule has 5 heteroatoms. The predicted octanol–water partition coefficient (Wildman–Crippen LogP) is 2.98. The van der Waals surface area contributed by atoms with Gasteiger partial charge in [0.1, 0.15) is 10.9 Å². The summed E-state index contributed by atoms with van der Waals surface area (Å²) in [5.74, 6) is 3.10. The van der Waals surface area contributed by atoms with Crippen LogP contribution in [0.3, 0.4) is 0 Å². The highest BCUT2D eigenvalue weighted by molar-refractivity contribution is 7.16. The molecule has 0 spiro atoms. The van der Waals surface area contributed by atoms with Crippen molar-refractivity contribution >= 4 is 22.3 Å². The standard InChI is InChI=1S/C14H18N4S/c15-7-11-12(16)17-13(19-11)18-14-4-8-1-9(5-14)3-10(2-8)6-14/h8-10H,1-6,16H2,(H,17,18). The van der Waals surface area contributed by atoms with Crippen LogP contribution < -0.4 is 11.1 Å². The third kappa shape index (κ3) is 1.81. The van der Waals surface area contributed by atoms with Gasteiger partial charge in [-0.3, -0.25) is 0 Å². The summed E-state index contributed by atoms with van der Waals surface area (Å²) in [6.45, 7) is 0. The molecular weight excluding hydrogens is 256 g/mol. The van der Waals surface area contributed by atoms with Crippen LogP contribution in [0.25, 0.3) is 0 Å². The number of hydrogen-bond donors (Lipinski definition) is 2. The van der Waals surface area contributed by atoms with Crippen molar-refractivity contribution in [3.8, 4) is 6.07 Å². The average Bonchev–Trinajstić information content (AvgIpc) is 2.66. The third-order valence-electron chi connectivity index (χ3n) is 5.17. The molecule has 0 aliphatic heterocycles. The molecule has 0 saturated heterocycles. The van der Waals surface area contributed by atoms with Crippen LogP contribution in [0.15, 0.2) is 0 Å². The second-order valence-corrected chi connectivity index (χ2v) is 7.67. The highest BCUT2D eigenvalue weighted by Crippen LogP contribution is 2.56. The number of nitrogen functional groups attached to an aromatic ring is 1. The molecule has 0 amide bonds. The number of rotatable bonds is 2. The smallest absolute Gasteiger partial charge is 0.186 e. The van der Waals surface area contributed by atoms with Gasteiger partial charge in [-0.25, -0.2) is 4.98 Å². The summed E-state index contributed by atoms with van der Waals surface area (Å²) in [5, 5.41) is 13.5. The van der Waals surface area contributed by atoms with Crippen molar-refractivity contribution in [3.05, 3.63) is 4.88 Å². The second-order valence-electron chi connectivity index (χ2n) is 6.67. The Hall–Kier alpha value is -1.28. The zero-order valence-electron chi connectivity index (χ0n) is 10.9. The van der Waals surface area contributed by atoms with E-state index in [9.17, 15) is 0 Å². The molecule has 1 aromatic heterocycles. The fourth-order valence-corrected chi connectivity index (χ4v) is 5.76. The van der Waals surface area contributed by atoms with Crippen molar-refractivity contribution in [1.29, 1.82) is 5.26 Å². The first-order chi connectivity index (χ1) is 9.16. The van der Waals surface area contributed by atoms with Crippen LogP contribution in [-0.4, -0.2) is 10.5 Å². The summed E-state index contributed by atoms with van der Waals surface area (Å²) in [7, 11) is 0. The Balaban J connectivity index is 1.60. The van der Waals surface area contributed by atoms with Crippen LogP contribution in [0.5, 0.6) is 0 Å². The van der Waals surface area contributed by atoms with Crippen LogP contribution in [0.2, 0.25) is 0 Å². The summed E-state index contributed by atoms with van der Waals surface area (Å²) in [6, 6.07) is 2.11. The van der Waals surface area contributed by atoms with Gasteiger partial charge >= 0.3 is 0 Å². The number of nitrogens with zero attached hydrogens (tertiary/aromatic N) is 2. The highest BCUT2D eigenvalue weighted by Gasteiger charge is 2.51. The number of nitrogens with two attached hydrogens (primary N) is 1. The van der Waals surface area contributed by atoms with Gasteiger partial charge in [-0.05, 0) is 56.3 Å². The van der Waals surface area contributed by atoms with Gasteiger partial charge in [0.25, 0.3) is 0 Å². The van der Waals surface area contributed by atoms with Gasteiger partial charge in [0.15, 0.2) is 10.9 Å². The maximum absolute atomic E-state index is 8.97. The lowest BCUT2D eigenvalue weighted by atomic mass is 9.53. The SMILES string of the molecule is N#Cc1sc(NC23CC4CC(CC(C4)C2)C3)nc1N. The van der Waals surface area contributed by atoms with Crippen molar-refractivity contribution < 1.29 is 0 Å². The maximum Gasteiger partial charge on any atom is 0.186 e. The Bertz CT molecular complexity index is 521. The van der Waals surface area contributed by atoms with E-state index in [1.165, 1.54) is 49.9 Å². The number of hydrogen-bond acceptors (Lipinski definition) is 5. The van der Waals surface area contributed by atoms with Crippen LogP contribution in [-0.2, 0) is 0 Å². The van der Waals surface area contributed by atoms with E-state index >= 15 is 0 Å². The van der Waals surface area contributed by atoms with E-state index in [2.05, 4.69) is 16.4 Å². The molecule has 19 heavy (non-hydrogen) atoms. The van der Waals surface area contributed by atoms with Gasteiger partial charge in [0.05, 0.1) is 0 Å². The van der Waals surface area contributed by atoms with E-state index in [4.69, 9.17) is 11.0 Å². The minimum absolute atomic E-state index is 0.242. The van der Waals surface area contributed by atoms with E-state index < -0.39 is 0 Å². The van der Waals surface area contributed by atoms with E-state index in [0.29, 0.717) is 10.7 Å². The first-order valence-corrected chi connectivity index (χ1v) is 7.92. The molecule has 0 aromatic carbocycles. The quantitative estimate of drug-likeness (QED) is 0.869. The van der Waals surface area contributed by atoms with Crippen molar-refractivity contribution in [2.75, 3.05) is 11.1 Å². The van der Waals surface area contributed by atoms with Crippen LogP contribution in [0, 0.1) is 29.1 Å². The maximum atomic E-state index is 8.97. The zero-order valence-corrected chi connectivity index (χ0v) is 11.7. The number of nitrogens with one attached hydrogen (secondary N) is 1. The van der Waals surface area contributed by atoms with Crippen LogP contribution in [0.1, 0.15) is 43.4 Å². The third-order valence-corrected chi connectivity index (χ3v) is 6.06. The monoisotopic (exact) mass is 274 g/mol. The molecule has 3 N–H and O–H groups in total. The Morgan fingerprint density at radius 1 is 1.21 bits per heavy atom. The molecule has 4 bridgehead atoms.